The zero-order valence-electron chi connectivity index (χ0n) is 11.1. The van der Waals surface area contributed by atoms with Crippen LogP contribution < -0.4 is 10.5 Å². The summed E-state index contributed by atoms with van der Waals surface area (Å²) < 4.78 is 5.64. The molecule has 4 heteroatoms. The fourth-order valence-corrected chi connectivity index (χ4v) is 1.70. The second-order valence-electron chi connectivity index (χ2n) is 4.75. The Balaban J connectivity index is 2.64. The summed E-state index contributed by atoms with van der Waals surface area (Å²) in [6.45, 7) is 5.96. The Kier molecular flexibility index (Phi) is 5.16. The van der Waals surface area contributed by atoms with E-state index in [0.29, 0.717) is 12.8 Å². The summed E-state index contributed by atoms with van der Waals surface area (Å²) in [6.07, 6.45) is 1.25. The van der Waals surface area contributed by atoms with Crippen molar-refractivity contribution < 1.29 is 14.6 Å². The van der Waals surface area contributed by atoms with E-state index in [1.54, 1.807) is 0 Å². The van der Waals surface area contributed by atoms with Gasteiger partial charge in [0.25, 0.3) is 0 Å². The fraction of sp³-hybridized carbons (Fsp3) is 0.500. The highest BCUT2D eigenvalue weighted by Gasteiger charge is 2.11. The highest BCUT2D eigenvalue weighted by atomic mass is 16.5. The van der Waals surface area contributed by atoms with Gasteiger partial charge in [-0.1, -0.05) is 12.1 Å². The molecule has 1 unspecified atom stereocenters. The van der Waals surface area contributed by atoms with Gasteiger partial charge in [-0.3, -0.25) is 4.79 Å². The van der Waals surface area contributed by atoms with Crippen LogP contribution in [0.1, 0.15) is 31.4 Å². The summed E-state index contributed by atoms with van der Waals surface area (Å²) in [5.74, 6) is -0.0808. The van der Waals surface area contributed by atoms with E-state index in [2.05, 4.69) is 0 Å². The summed E-state index contributed by atoms with van der Waals surface area (Å²) in [6, 6.07) is 5.11. The van der Waals surface area contributed by atoms with Crippen molar-refractivity contribution >= 4 is 5.97 Å². The van der Waals surface area contributed by atoms with Gasteiger partial charge in [-0.15, -0.1) is 0 Å². The normalized spacial score (nSPS) is 12.5. The van der Waals surface area contributed by atoms with Crippen molar-refractivity contribution in [1.29, 1.82) is 0 Å². The summed E-state index contributed by atoms with van der Waals surface area (Å²) in [5.41, 5.74) is 7.62. The lowest BCUT2D eigenvalue weighted by Crippen LogP contribution is -2.30. The molecular weight excluding hydrogens is 230 g/mol. The van der Waals surface area contributed by atoms with Gasteiger partial charge < -0.3 is 15.6 Å². The highest BCUT2D eigenvalue weighted by Crippen LogP contribution is 2.21. The number of aryl methyl sites for hydroxylation is 2. The molecule has 0 bridgehead atoms. The minimum Gasteiger partial charge on any atom is -0.491 e. The quantitative estimate of drug-likeness (QED) is 0.812. The van der Waals surface area contributed by atoms with Crippen LogP contribution in [0.15, 0.2) is 18.2 Å². The molecule has 1 aromatic carbocycles. The Hall–Kier alpha value is -1.55. The average molecular weight is 251 g/mol. The van der Waals surface area contributed by atoms with Gasteiger partial charge in [-0.05, 0) is 50.8 Å². The number of rotatable bonds is 6. The number of aliphatic carboxylic acids is 1. The largest absolute Gasteiger partial charge is 0.491 e. The summed E-state index contributed by atoms with van der Waals surface area (Å²) in [4.78, 5) is 10.6. The minimum atomic E-state index is -0.952. The predicted molar refractivity (Wildman–Crippen MR) is 70.9 cm³/mol. The van der Waals surface area contributed by atoms with Gasteiger partial charge in [0.2, 0.25) is 0 Å². The molecule has 0 aliphatic heterocycles. The van der Waals surface area contributed by atoms with Crippen LogP contribution in [0.25, 0.3) is 0 Å². The number of carbonyl (C=O) groups is 1. The smallest absolute Gasteiger partial charge is 0.320 e. The van der Waals surface area contributed by atoms with Crippen molar-refractivity contribution in [3.63, 3.8) is 0 Å². The Labute approximate surface area is 108 Å². The van der Waals surface area contributed by atoms with E-state index in [4.69, 9.17) is 15.6 Å². The molecule has 0 radical (unpaired) electrons. The van der Waals surface area contributed by atoms with Gasteiger partial charge in [0, 0.05) is 0 Å². The maximum atomic E-state index is 10.6. The van der Waals surface area contributed by atoms with Crippen molar-refractivity contribution in [2.75, 3.05) is 0 Å². The van der Waals surface area contributed by atoms with E-state index < -0.39 is 12.0 Å². The first-order chi connectivity index (χ1) is 8.40. The first-order valence-corrected chi connectivity index (χ1v) is 6.14. The van der Waals surface area contributed by atoms with Gasteiger partial charge in [-0.2, -0.15) is 0 Å². The summed E-state index contributed by atoms with van der Waals surface area (Å²) >= 11 is 0. The van der Waals surface area contributed by atoms with Crippen LogP contribution in [-0.4, -0.2) is 23.2 Å². The lowest BCUT2D eigenvalue weighted by Gasteiger charge is -2.13. The molecule has 0 heterocycles. The van der Waals surface area contributed by atoms with Crippen LogP contribution >= 0.6 is 0 Å². The third-order valence-electron chi connectivity index (χ3n) is 2.66. The van der Waals surface area contributed by atoms with Crippen LogP contribution in [-0.2, 0) is 11.2 Å². The summed E-state index contributed by atoms with van der Waals surface area (Å²) in [5, 5.41) is 8.71. The number of carboxylic acids is 1. The van der Waals surface area contributed by atoms with Gasteiger partial charge in [0.1, 0.15) is 11.8 Å². The van der Waals surface area contributed by atoms with Gasteiger partial charge >= 0.3 is 5.97 Å². The number of nitrogens with two attached hydrogens (primary N) is 1. The Morgan fingerprint density at radius 3 is 2.61 bits per heavy atom. The zero-order chi connectivity index (χ0) is 13.7. The van der Waals surface area contributed by atoms with E-state index in [1.807, 2.05) is 39.0 Å². The lowest BCUT2D eigenvalue weighted by molar-refractivity contribution is -0.138. The molecule has 0 aliphatic rings. The first-order valence-electron chi connectivity index (χ1n) is 6.14. The van der Waals surface area contributed by atoms with Gasteiger partial charge in [0.15, 0.2) is 0 Å². The van der Waals surface area contributed by atoms with Crippen LogP contribution in [0.5, 0.6) is 5.75 Å². The highest BCUT2D eigenvalue weighted by molar-refractivity contribution is 5.73. The number of hydrogen-bond acceptors (Lipinski definition) is 3. The van der Waals surface area contributed by atoms with Gasteiger partial charge in [-0.25, -0.2) is 0 Å². The molecule has 100 valence electrons. The second-order valence-corrected chi connectivity index (χ2v) is 4.75. The predicted octanol–water partition coefficient (Wildman–Crippen LogP) is 2.13. The maximum Gasteiger partial charge on any atom is 0.320 e. The van der Waals surface area contributed by atoms with E-state index in [0.717, 1.165) is 16.9 Å². The molecule has 1 rings (SSSR count). The van der Waals surface area contributed by atoms with Crippen LogP contribution in [0, 0.1) is 6.92 Å². The van der Waals surface area contributed by atoms with Crippen molar-refractivity contribution in [3.05, 3.63) is 29.3 Å². The summed E-state index contributed by atoms with van der Waals surface area (Å²) in [7, 11) is 0. The van der Waals surface area contributed by atoms with E-state index in [-0.39, 0.29) is 6.10 Å². The van der Waals surface area contributed by atoms with Crippen LogP contribution in [0.3, 0.4) is 0 Å². The third-order valence-corrected chi connectivity index (χ3v) is 2.66. The average Bonchev–Trinajstić information content (AvgIpc) is 2.28. The molecule has 0 fully saturated rings. The number of benzene rings is 1. The molecule has 0 amide bonds. The van der Waals surface area contributed by atoms with Crippen molar-refractivity contribution in [2.45, 2.75) is 45.8 Å². The van der Waals surface area contributed by atoms with E-state index >= 15 is 0 Å². The second kappa shape index (κ2) is 6.40. The van der Waals surface area contributed by atoms with Crippen molar-refractivity contribution in [3.8, 4) is 5.75 Å². The Morgan fingerprint density at radius 2 is 2.11 bits per heavy atom. The molecule has 0 spiro atoms. The molecule has 0 aromatic heterocycles. The molecule has 3 N–H and O–H groups in total. The molecule has 1 atom stereocenters. The molecule has 4 nitrogen and oxygen atoms in total. The maximum absolute atomic E-state index is 10.6. The van der Waals surface area contributed by atoms with Crippen molar-refractivity contribution in [2.24, 2.45) is 5.73 Å². The van der Waals surface area contributed by atoms with Gasteiger partial charge in [0.05, 0.1) is 6.10 Å². The lowest BCUT2D eigenvalue weighted by atomic mass is 10.0. The minimum absolute atomic E-state index is 0.148. The molecule has 1 aromatic rings. The molecule has 0 saturated carbocycles. The van der Waals surface area contributed by atoms with E-state index in [9.17, 15) is 4.79 Å². The van der Waals surface area contributed by atoms with E-state index in [1.165, 1.54) is 0 Å². The zero-order valence-corrected chi connectivity index (χ0v) is 11.1. The topological polar surface area (TPSA) is 72.6 Å². The fourth-order valence-electron chi connectivity index (χ4n) is 1.70. The Morgan fingerprint density at radius 1 is 1.44 bits per heavy atom. The number of hydrogen-bond donors (Lipinski definition) is 2. The molecule has 0 aliphatic carbocycles. The van der Waals surface area contributed by atoms with Crippen molar-refractivity contribution in [1.82, 2.24) is 0 Å². The number of ether oxygens (including phenoxy) is 1. The molecule has 0 saturated heterocycles. The monoisotopic (exact) mass is 251 g/mol. The number of carboxylic acid groups (broad SMARTS) is 1. The van der Waals surface area contributed by atoms with Crippen LogP contribution in [0.2, 0.25) is 0 Å². The first kappa shape index (κ1) is 14.5. The standard InChI is InChI=1S/C14H21NO3/c1-9(2)18-13-7-5-11(8-10(13)3)4-6-12(15)14(16)17/h5,7-9,12H,4,6,15H2,1-3H3,(H,16,17). The molecule has 18 heavy (non-hydrogen) atoms. The Bertz CT molecular complexity index is 416. The van der Waals surface area contributed by atoms with Crippen LogP contribution in [0.4, 0.5) is 0 Å². The third kappa shape index (κ3) is 4.37. The molecular formula is C14H21NO3. The SMILES string of the molecule is Cc1cc(CCC(N)C(=O)O)ccc1OC(C)C.